The van der Waals surface area contributed by atoms with Crippen molar-refractivity contribution in [1.82, 2.24) is 24.8 Å². The van der Waals surface area contributed by atoms with Gasteiger partial charge in [0.25, 0.3) is 0 Å². The molecule has 178 valence electrons. The van der Waals surface area contributed by atoms with E-state index in [0.29, 0.717) is 25.2 Å². The van der Waals surface area contributed by atoms with Crippen molar-refractivity contribution >= 4 is 22.9 Å². The second-order valence-corrected chi connectivity index (χ2v) is 8.33. The molecule has 0 saturated carbocycles. The van der Waals surface area contributed by atoms with Gasteiger partial charge in [0.1, 0.15) is 11.7 Å². The van der Waals surface area contributed by atoms with Crippen LogP contribution < -0.4 is 11.1 Å². The maximum absolute atomic E-state index is 13.2. The van der Waals surface area contributed by atoms with Gasteiger partial charge in [-0.2, -0.15) is 18.4 Å². The van der Waals surface area contributed by atoms with Crippen molar-refractivity contribution in [2.24, 2.45) is 11.7 Å². The Labute approximate surface area is 193 Å². The lowest BCUT2D eigenvalue weighted by Crippen LogP contribution is -2.46. The lowest BCUT2D eigenvalue weighted by atomic mass is 9.96. The second kappa shape index (κ2) is 9.26. The highest BCUT2D eigenvalue weighted by molar-refractivity contribution is 5.94. The third-order valence-corrected chi connectivity index (χ3v) is 5.89. The molecule has 0 radical (unpaired) electrons. The van der Waals surface area contributed by atoms with Crippen molar-refractivity contribution < 1.29 is 18.0 Å². The van der Waals surface area contributed by atoms with E-state index >= 15 is 0 Å². The number of halogens is 3. The number of H-pyrrole nitrogens is 1. The number of nitrogens with zero attached hydrogens (tertiary/aromatic N) is 5. The third-order valence-electron chi connectivity index (χ3n) is 5.89. The molecule has 1 amide bonds. The average molecular weight is 472 g/mol. The van der Waals surface area contributed by atoms with Crippen molar-refractivity contribution in [1.29, 1.82) is 5.26 Å². The number of rotatable bonds is 5. The molecule has 34 heavy (non-hydrogen) atoms. The molecule has 0 spiro atoms. The Morgan fingerprint density at radius 3 is 2.74 bits per heavy atom. The third kappa shape index (κ3) is 4.79. The van der Waals surface area contributed by atoms with Gasteiger partial charge < -0.3 is 20.9 Å². The fourth-order valence-electron chi connectivity index (χ4n) is 3.99. The number of nitrogens with two attached hydrogens (primary N) is 1. The van der Waals surface area contributed by atoms with Crippen LogP contribution >= 0.6 is 0 Å². The smallest absolute Gasteiger partial charge is 0.354 e. The number of hydrogen-bond acceptors (Lipinski definition) is 7. The fourth-order valence-corrected chi connectivity index (χ4v) is 3.99. The summed E-state index contributed by atoms with van der Waals surface area (Å²) in [6.45, 7) is 3.47. The minimum atomic E-state index is -4.55. The van der Waals surface area contributed by atoms with Gasteiger partial charge in [-0.05, 0) is 31.7 Å². The van der Waals surface area contributed by atoms with E-state index in [4.69, 9.17) is 5.73 Å². The molecule has 1 atom stereocenters. The Balaban J connectivity index is 1.53. The van der Waals surface area contributed by atoms with E-state index in [9.17, 15) is 23.2 Å². The minimum absolute atomic E-state index is 0.0617. The van der Waals surface area contributed by atoms with Gasteiger partial charge in [0.2, 0.25) is 11.9 Å². The van der Waals surface area contributed by atoms with Crippen LogP contribution in [0.1, 0.15) is 30.9 Å². The number of nitriles is 1. The molecule has 1 saturated heterocycles. The number of alkyl halides is 3. The molecule has 3 aromatic rings. The number of aromatic amines is 1. The molecule has 0 bridgehead atoms. The standard InChI is InChI=1S/C22H23F3N8O/c1-12(27)20(34)33-4-2-13(3-5-33)8-30-21-31-9-14(7-26)18(32-21)17-11-29-19-16(17)6-15(10-28-19)22(23,24)25/h6,9-13H,2-5,8,27H2,1H3,(H,28,29)(H,30,31,32)/t12-/m1/s1. The average Bonchev–Trinajstić information content (AvgIpc) is 3.25. The van der Waals surface area contributed by atoms with E-state index in [1.54, 1.807) is 11.8 Å². The maximum atomic E-state index is 13.2. The topological polar surface area (TPSA) is 137 Å². The van der Waals surface area contributed by atoms with Crippen LogP contribution in [-0.2, 0) is 11.0 Å². The fraction of sp³-hybridized carbons (Fsp3) is 0.409. The van der Waals surface area contributed by atoms with Crippen LogP contribution in [0.25, 0.3) is 22.3 Å². The predicted octanol–water partition coefficient (Wildman–Crippen LogP) is 2.91. The summed E-state index contributed by atoms with van der Waals surface area (Å²) in [5, 5.41) is 12.9. The zero-order chi connectivity index (χ0) is 24.5. The minimum Gasteiger partial charge on any atom is -0.354 e. The van der Waals surface area contributed by atoms with Crippen molar-refractivity contribution in [3.63, 3.8) is 0 Å². The number of carbonyl (C=O) groups is 1. The van der Waals surface area contributed by atoms with Crippen LogP contribution in [-0.4, -0.2) is 56.4 Å². The maximum Gasteiger partial charge on any atom is 0.417 e. The number of amides is 1. The van der Waals surface area contributed by atoms with Gasteiger partial charge in [-0.3, -0.25) is 4.79 Å². The van der Waals surface area contributed by atoms with Crippen molar-refractivity contribution in [2.45, 2.75) is 32.0 Å². The Hall–Kier alpha value is -3.72. The molecule has 9 nitrogen and oxygen atoms in total. The highest BCUT2D eigenvalue weighted by Crippen LogP contribution is 2.34. The number of hydrogen-bond donors (Lipinski definition) is 3. The van der Waals surface area contributed by atoms with Gasteiger partial charge in [-0.1, -0.05) is 0 Å². The number of carbonyl (C=O) groups excluding carboxylic acids is 1. The van der Waals surface area contributed by atoms with Crippen LogP contribution in [0.5, 0.6) is 0 Å². The zero-order valence-electron chi connectivity index (χ0n) is 18.4. The molecule has 1 aliphatic rings. The van der Waals surface area contributed by atoms with E-state index in [1.165, 1.54) is 12.4 Å². The first-order valence-corrected chi connectivity index (χ1v) is 10.8. The summed E-state index contributed by atoms with van der Waals surface area (Å²) in [4.78, 5) is 29.1. The first kappa shape index (κ1) is 23.4. The summed E-state index contributed by atoms with van der Waals surface area (Å²) >= 11 is 0. The number of likely N-dealkylation sites (tertiary alicyclic amines) is 1. The SMILES string of the molecule is C[C@@H](N)C(=O)N1CCC(CNc2ncc(C#N)c(-c3c[nH]c4ncc(C(F)(F)F)cc34)n2)CC1. The number of anilines is 1. The predicted molar refractivity (Wildman–Crippen MR) is 118 cm³/mol. The molecule has 4 heterocycles. The lowest BCUT2D eigenvalue weighted by molar-refractivity contribution is -0.137. The van der Waals surface area contributed by atoms with Gasteiger partial charge in [0.05, 0.1) is 29.1 Å². The molecule has 12 heteroatoms. The van der Waals surface area contributed by atoms with Gasteiger partial charge in [-0.25, -0.2) is 15.0 Å². The number of fused-ring (bicyclic) bond motifs is 1. The Bertz CT molecular complexity index is 1240. The molecule has 0 aromatic carbocycles. The summed E-state index contributed by atoms with van der Waals surface area (Å²) in [5.74, 6) is 0.484. The van der Waals surface area contributed by atoms with E-state index in [-0.39, 0.29) is 40.1 Å². The van der Waals surface area contributed by atoms with Gasteiger partial charge in [0, 0.05) is 43.0 Å². The molecule has 4 rings (SSSR count). The summed E-state index contributed by atoms with van der Waals surface area (Å²) in [6, 6.07) is 2.46. The summed E-state index contributed by atoms with van der Waals surface area (Å²) < 4.78 is 39.6. The quantitative estimate of drug-likeness (QED) is 0.519. The molecule has 0 aliphatic carbocycles. The van der Waals surface area contributed by atoms with Crippen LogP contribution in [0, 0.1) is 17.2 Å². The molecule has 1 fully saturated rings. The van der Waals surface area contributed by atoms with Crippen molar-refractivity contribution in [3.8, 4) is 17.3 Å². The van der Waals surface area contributed by atoms with Crippen LogP contribution in [0.15, 0.2) is 24.7 Å². The summed E-state index contributed by atoms with van der Waals surface area (Å²) in [5.41, 5.74) is 5.72. The van der Waals surface area contributed by atoms with Crippen LogP contribution in [0.3, 0.4) is 0 Å². The van der Waals surface area contributed by atoms with Crippen molar-refractivity contribution in [3.05, 3.63) is 35.8 Å². The highest BCUT2D eigenvalue weighted by atomic mass is 19.4. The van der Waals surface area contributed by atoms with E-state index in [0.717, 1.165) is 25.1 Å². The zero-order valence-corrected chi connectivity index (χ0v) is 18.4. The van der Waals surface area contributed by atoms with Gasteiger partial charge in [-0.15, -0.1) is 0 Å². The Morgan fingerprint density at radius 1 is 1.35 bits per heavy atom. The van der Waals surface area contributed by atoms with Gasteiger partial charge in [0.15, 0.2) is 0 Å². The monoisotopic (exact) mass is 472 g/mol. The van der Waals surface area contributed by atoms with E-state index in [2.05, 4.69) is 25.3 Å². The molecular formula is C22H23F3N8O. The summed E-state index contributed by atoms with van der Waals surface area (Å²) in [6.07, 6.45) is 0.624. The number of pyridine rings is 1. The number of nitrogens with one attached hydrogen (secondary N) is 2. The van der Waals surface area contributed by atoms with E-state index in [1.807, 2.05) is 6.07 Å². The van der Waals surface area contributed by atoms with Gasteiger partial charge >= 0.3 is 6.18 Å². The normalized spacial score (nSPS) is 15.8. The number of aromatic nitrogens is 4. The Kier molecular flexibility index (Phi) is 6.39. The highest BCUT2D eigenvalue weighted by Gasteiger charge is 2.32. The lowest BCUT2D eigenvalue weighted by Gasteiger charge is -2.33. The molecular weight excluding hydrogens is 449 g/mol. The van der Waals surface area contributed by atoms with Crippen LogP contribution in [0.2, 0.25) is 0 Å². The first-order chi connectivity index (χ1) is 16.2. The molecule has 3 aromatic heterocycles. The molecule has 4 N–H and O–H groups in total. The van der Waals surface area contributed by atoms with Crippen molar-refractivity contribution in [2.75, 3.05) is 25.0 Å². The largest absolute Gasteiger partial charge is 0.417 e. The molecule has 0 unspecified atom stereocenters. The number of piperidine rings is 1. The summed E-state index contributed by atoms with van der Waals surface area (Å²) in [7, 11) is 0. The van der Waals surface area contributed by atoms with E-state index < -0.39 is 17.8 Å². The second-order valence-electron chi connectivity index (χ2n) is 8.33. The van der Waals surface area contributed by atoms with Crippen LogP contribution in [0.4, 0.5) is 19.1 Å². The first-order valence-electron chi connectivity index (χ1n) is 10.8. The Morgan fingerprint density at radius 2 is 2.09 bits per heavy atom. The molecule has 1 aliphatic heterocycles.